The molecule has 0 unspecified atom stereocenters. The first kappa shape index (κ1) is 19.0. The number of amides is 1. The van der Waals surface area contributed by atoms with Crippen LogP contribution in [0.4, 0.5) is 4.39 Å². The number of ether oxygens (including phenoxy) is 1. The molecule has 2 saturated heterocycles. The molecule has 8 heteroatoms. The predicted octanol–water partition coefficient (Wildman–Crippen LogP) is 2.30. The fourth-order valence-corrected chi connectivity index (χ4v) is 3.98. The quantitative estimate of drug-likeness (QED) is 0.800. The Bertz CT molecular complexity index is 815. The van der Waals surface area contributed by atoms with Gasteiger partial charge in [0.25, 0.3) is 0 Å². The molecule has 0 saturated carbocycles. The standard InChI is InChI=1S/C20H25FN4O3/c1-15-22-18(23-28-15)13-24-9-7-20(8-10-24)14-25(19(26)6-11-27-20)12-16-2-4-17(21)5-3-16/h2-5H,6-14H2,1H3. The molecule has 2 aliphatic rings. The van der Waals surface area contributed by atoms with Crippen LogP contribution in [0.1, 0.15) is 36.5 Å². The van der Waals surface area contributed by atoms with Gasteiger partial charge in [-0.15, -0.1) is 0 Å². The van der Waals surface area contributed by atoms with Gasteiger partial charge in [0.15, 0.2) is 5.82 Å². The van der Waals surface area contributed by atoms with E-state index >= 15 is 0 Å². The van der Waals surface area contributed by atoms with Crippen LogP contribution in [-0.2, 0) is 22.6 Å². The number of hydrogen-bond donors (Lipinski definition) is 0. The summed E-state index contributed by atoms with van der Waals surface area (Å²) in [5, 5.41) is 3.97. The van der Waals surface area contributed by atoms with Crippen LogP contribution in [0, 0.1) is 12.7 Å². The number of benzene rings is 1. The molecule has 0 N–H and O–H groups in total. The fourth-order valence-electron chi connectivity index (χ4n) is 3.98. The molecule has 2 fully saturated rings. The van der Waals surface area contributed by atoms with Crippen LogP contribution >= 0.6 is 0 Å². The number of likely N-dealkylation sites (tertiary alicyclic amines) is 1. The fraction of sp³-hybridized carbons (Fsp3) is 0.550. The molecule has 1 spiro atoms. The second-order valence-electron chi connectivity index (χ2n) is 7.66. The normalized spacial score (nSPS) is 20.5. The Hall–Kier alpha value is -2.32. The average molecular weight is 388 g/mol. The zero-order valence-corrected chi connectivity index (χ0v) is 16.1. The maximum Gasteiger partial charge on any atom is 0.225 e. The van der Waals surface area contributed by atoms with Crippen LogP contribution < -0.4 is 0 Å². The first-order valence-corrected chi connectivity index (χ1v) is 9.69. The number of aromatic nitrogens is 2. The molecule has 150 valence electrons. The lowest BCUT2D eigenvalue weighted by atomic mass is 9.90. The molecular weight excluding hydrogens is 363 g/mol. The van der Waals surface area contributed by atoms with Crippen LogP contribution in [-0.4, -0.2) is 57.7 Å². The van der Waals surface area contributed by atoms with Crippen molar-refractivity contribution in [2.45, 2.75) is 44.9 Å². The lowest BCUT2D eigenvalue weighted by Crippen LogP contribution is -2.51. The summed E-state index contributed by atoms with van der Waals surface area (Å²) >= 11 is 0. The SMILES string of the molecule is Cc1nc(CN2CCC3(CC2)CN(Cc2ccc(F)cc2)C(=O)CCO3)no1. The van der Waals surface area contributed by atoms with Gasteiger partial charge in [-0.05, 0) is 30.5 Å². The second-order valence-corrected chi connectivity index (χ2v) is 7.66. The number of piperidine rings is 1. The van der Waals surface area contributed by atoms with E-state index in [-0.39, 0.29) is 17.3 Å². The van der Waals surface area contributed by atoms with Gasteiger partial charge in [-0.1, -0.05) is 17.3 Å². The molecule has 2 aromatic rings. The Kier molecular flexibility index (Phi) is 5.41. The number of hydrogen-bond acceptors (Lipinski definition) is 6. The Labute approximate surface area is 163 Å². The summed E-state index contributed by atoms with van der Waals surface area (Å²) in [6, 6.07) is 6.33. The Morgan fingerprint density at radius 1 is 1.18 bits per heavy atom. The van der Waals surface area contributed by atoms with Crippen LogP contribution in [0.2, 0.25) is 0 Å². The zero-order valence-electron chi connectivity index (χ0n) is 16.1. The minimum atomic E-state index is -0.324. The molecule has 4 rings (SSSR count). The van der Waals surface area contributed by atoms with Crippen molar-refractivity contribution in [1.82, 2.24) is 19.9 Å². The van der Waals surface area contributed by atoms with E-state index in [1.54, 1.807) is 19.1 Å². The first-order valence-electron chi connectivity index (χ1n) is 9.69. The third-order valence-electron chi connectivity index (χ3n) is 5.54. The highest BCUT2D eigenvalue weighted by molar-refractivity contribution is 5.76. The molecule has 7 nitrogen and oxygen atoms in total. The second kappa shape index (κ2) is 7.97. The highest BCUT2D eigenvalue weighted by atomic mass is 19.1. The van der Waals surface area contributed by atoms with Crippen molar-refractivity contribution in [3.63, 3.8) is 0 Å². The minimum absolute atomic E-state index is 0.0888. The Morgan fingerprint density at radius 2 is 1.93 bits per heavy atom. The summed E-state index contributed by atoms with van der Waals surface area (Å²) in [7, 11) is 0. The zero-order chi connectivity index (χ0) is 19.6. The number of carbonyl (C=O) groups is 1. The number of halogens is 1. The van der Waals surface area contributed by atoms with E-state index in [1.807, 2.05) is 4.90 Å². The lowest BCUT2D eigenvalue weighted by Gasteiger charge is -2.42. The maximum atomic E-state index is 13.2. The van der Waals surface area contributed by atoms with Crippen LogP contribution in [0.15, 0.2) is 28.8 Å². The number of rotatable bonds is 4. The maximum absolute atomic E-state index is 13.2. The van der Waals surface area contributed by atoms with Gasteiger partial charge in [-0.3, -0.25) is 9.69 Å². The van der Waals surface area contributed by atoms with E-state index in [1.165, 1.54) is 12.1 Å². The van der Waals surface area contributed by atoms with Crippen LogP contribution in [0.5, 0.6) is 0 Å². The highest BCUT2D eigenvalue weighted by Gasteiger charge is 2.40. The third kappa shape index (κ3) is 4.39. The summed E-state index contributed by atoms with van der Waals surface area (Å²) in [4.78, 5) is 21.0. The highest BCUT2D eigenvalue weighted by Crippen LogP contribution is 2.31. The first-order chi connectivity index (χ1) is 13.5. The monoisotopic (exact) mass is 388 g/mol. The molecule has 1 amide bonds. The van der Waals surface area contributed by atoms with E-state index in [9.17, 15) is 9.18 Å². The number of nitrogens with zero attached hydrogens (tertiary/aromatic N) is 4. The molecule has 1 aromatic heterocycles. The van der Waals surface area contributed by atoms with Gasteiger partial charge in [-0.25, -0.2) is 4.39 Å². The number of aryl methyl sites for hydroxylation is 1. The summed E-state index contributed by atoms with van der Waals surface area (Å²) < 4.78 is 24.4. The Balaban J connectivity index is 1.39. The smallest absolute Gasteiger partial charge is 0.225 e. The molecule has 0 bridgehead atoms. The van der Waals surface area contributed by atoms with Crippen molar-refractivity contribution in [1.29, 1.82) is 0 Å². The van der Waals surface area contributed by atoms with Gasteiger partial charge in [0.05, 0.1) is 31.7 Å². The lowest BCUT2D eigenvalue weighted by molar-refractivity contribution is -0.132. The van der Waals surface area contributed by atoms with E-state index in [4.69, 9.17) is 9.26 Å². The van der Waals surface area contributed by atoms with Crippen molar-refractivity contribution < 1.29 is 18.4 Å². The van der Waals surface area contributed by atoms with Gasteiger partial charge in [-0.2, -0.15) is 4.98 Å². The van der Waals surface area contributed by atoms with E-state index in [0.717, 1.165) is 31.5 Å². The van der Waals surface area contributed by atoms with Gasteiger partial charge < -0.3 is 14.2 Å². The largest absolute Gasteiger partial charge is 0.373 e. The van der Waals surface area contributed by atoms with Crippen molar-refractivity contribution >= 4 is 5.91 Å². The Morgan fingerprint density at radius 3 is 2.61 bits per heavy atom. The van der Waals surface area contributed by atoms with Crippen LogP contribution in [0.25, 0.3) is 0 Å². The van der Waals surface area contributed by atoms with Crippen LogP contribution in [0.3, 0.4) is 0 Å². The summed E-state index contributed by atoms with van der Waals surface area (Å²) in [5.41, 5.74) is 0.604. The molecule has 0 radical (unpaired) electrons. The average Bonchev–Trinajstić information content (AvgIpc) is 3.03. The van der Waals surface area contributed by atoms with Gasteiger partial charge in [0, 0.05) is 26.6 Å². The van der Waals surface area contributed by atoms with Gasteiger partial charge in [0.2, 0.25) is 11.8 Å². The van der Waals surface area contributed by atoms with Crippen molar-refractivity contribution in [2.75, 3.05) is 26.2 Å². The third-order valence-corrected chi connectivity index (χ3v) is 5.54. The minimum Gasteiger partial charge on any atom is -0.373 e. The van der Waals surface area contributed by atoms with E-state index in [2.05, 4.69) is 15.0 Å². The van der Waals surface area contributed by atoms with Crippen molar-refractivity contribution in [3.8, 4) is 0 Å². The predicted molar refractivity (Wildman–Crippen MR) is 98.7 cm³/mol. The molecule has 2 aliphatic heterocycles. The number of carbonyl (C=O) groups excluding carboxylic acids is 1. The van der Waals surface area contributed by atoms with E-state index in [0.29, 0.717) is 44.4 Å². The molecule has 3 heterocycles. The molecule has 28 heavy (non-hydrogen) atoms. The summed E-state index contributed by atoms with van der Waals surface area (Å²) in [6.45, 7) is 5.65. The molecular formula is C20H25FN4O3. The van der Waals surface area contributed by atoms with Crippen molar-refractivity contribution in [2.24, 2.45) is 0 Å². The molecule has 0 atom stereocenters. The van der Waals surface area contributed by atoms with Gasteiger partial charge in [0.1, 0.15) is 5.82 Å². The van der Waals surface area contributed by atoms with Gasteiger partial charge >= 0.3 is 0 Å². The van der Waals surface area contributed by atoms with Crippen molar-refractivity contribution in [3.05, 3.63) is 47.4 Å². The van der Waals surface area contributed by atoms with E-state index < -0.39 is 0 Å². The molecule has 0 aliphatic carbocycles. The molecule has 1 aromatic carbocycles. The summed E-state index contributed by atoms with van der Waals surface area (Å²) in [5.74, 6) is 1.09. The topological polar surface area (TPSA) is 71.7 Å². The summed E-state index contributed by atoms with van der Waals surface area (Å²) in [6.07, 6.45) is 2.07.